The Morgan fingerprint density at radius 1 is 1.22 bits per heavy atom. The lowest BCUT2D eigenvalue weighted by Crippen LogP contribution is -2.12. The van der Waals surface area contributed by atoms with Crippen LogP contribution in [-0.2, 0) is 31.2 Å². The molecule has 2 heterocycles. The molecule has 3 aromatic rings. The highest BCUT2D eigenvalue weighted by atomic mass is 32.1. The van der Waals surface area contributed by atoms with Crippen LogP contribution in [0.25, 0.3) is 15.8 Å². The molecule has 1 aliphatic rings. The summed E-state index contributed by atoms with van der Waals surface area (Å²) in [5, 5.41) is 8.87. The van der Waals surface area contributed by atoms with Gasteiger partial charge in [0.2, 0.25) is 0 Å². The maximum atomic E-state index is 14.6. The SMILES string of the molecule is CNCc1nc2ccc(C3=C(OCCc4c(CC(C)(C)C)nn(C)c4C)CC(CF)=C(F)C=C3)cc2s1. The molecule has 0 fully saturated rings. The maximum Gasteiger partial charge on any atom is 0.125 e. The zero-order chi connectivity index (χ0) is 26.7. The minimum atomic E-state index is -0.852. The fourth-order valence-electron chi connectivity index (χ4n) is 4.57. The van der Waals surface area contributed by atoms with Gasteiger partial charge in [-0.15, -0.1) is 11.3 Å². The lowest BCUT2D eigenvalue weighted by Gasteiger charge is -2.18. The predicted molar refractivity (Wildman–Crippen MR) is 148 cm³/mol. The molecular weight excluding hydrogens is 490 g/mol. The summed E-state index contributed by atoms with van der Waals surface area (Å²) in [6, 6.07) is 6.00. The Morgan fingerprint density at radius 2 is 2.00 bits per heavy atom. The number of thiazole rings is 1. The van der Waals surface area contributed by atoms with Gasteiger partial charge in [0.25, 0.3) is 0 Å². The van der Waals surface area contributed by atoms with E-state index >= 15 is 0 Å². The molecule has 0 radical (unpaired) electrons. The third kappa shape index (κ3) is 6.36. The Labute approximate surface area is 221 Å². The molecule has 0 bridgehead atoms. The number of fused-ring (bicyclic) bond motifs is 1. The molecule has 0 atom stereocenters. The van der Waals surface area contributed by atoms with Crippen molar-refractivity contribution in [2.24, 2.45) is 12.5 Å². The molecular formula is C29H36F2N4OS. The van der Waals surface area contributed by atoms with Gasteiger partial charge in [0, 0.05) is 43.3 Å². The normalized spacial score (nSPS) is 14.7. The van der Waals surface area contributed by atoms with Crippen molar-refractivity contribution in [1.82, 2.24) is 20.1 Å². The molecule has 5 nitrogen and oxygen atoms in total. The Morgan fingerprint density at radius 3 is 2.70 bits per heavy atom. The number of rotatable bonds is 9. The number of aromatic nitrogens is 3. The number of nitrogens with zero attached hydrogens (tertiary/aromatic N) is 3. The van der Waals surface area contributed by atoms with Gasteiger partial charge < -0.3 is 10.1 Å². The molecule has 0 saturated heterocycles. The summed E-state index contributed by atoms with van der Waals surface area (Å²) >= 11 is 1.62. The molecule has 0 aliphatic heterocycles. The van der Waals surface area contributed by atoms with E-state index in [0.29, 0.717) is 25.3 Å². The second-order valence-corrected chi connectivity index (χ2v) is 11.8. The zero-order valence-corrected chi connectivity index (χ0v) is 23.4. The fraction of sp³-hybridized carbons (Fsp3) is 0.448. The van der Waals surface area contributed by atoms with Crippen LogP contribution >= 0.6 is 11.3 Å². The Hall–Kier alpha value is -2.84. The summed E-state index contributed by atoms with van der Waals surface area (Å²) in [6.45, 7) is 8.92. The molecule has 0 amide bonds. The van der Waals surface area contributed by atoms with E-state index in [1.54, 1.807) is 17.4 Å². The van der Waals surface area contributed by atoms with Crippen molar-refractivity contribution in [2.45, 2.75) is 53.5 Å². The van der Waals surface area contributed by atoms with Gasteiger partial charge in [-0.05, 0) is 61.2 Å². The second-order valence-electron chi connectivity index (χ2n) is 10.7. The molecule has 37 heavy (non-hydrogen) atoms. The van der Waals surface area contributed by atoms with E-state index in [-0.39, 0.29) is 17.4 Å². The number of hydrogen-bond donors (Lipinski definition) is 1. The van der Waals surface area contributed by atoms with Crippen LogP contribution in [0.1, 0.15) is 54.7 Å². The van der Waals surface area contributed by atoms with Crippen LogP contribution in [0.2, 0.25) is 0 Å². The number of aryl methyl sites for hydroxylation is 1. The number of benzene rings is 1. The van der Waals surface area contributed by atoms with E-state index in [0.717, 1.165) is 44.2 Å². The van der Waals surface area contributed by atoms with Gasteiger partial charge in [-0.3, -0.25) is 4.68 Å². The molecule has 198 valence electrons. The Kier molecular flexibility index (Phi) is 8.29. The quantitative estimate of drug-likeness (QED) is 0.334. The van der Waals surface area contributed by atoms with Gasteiger partial charge in [0.15, 0.2) is 0 Å². The summed E-state index contributed by atoms with van der Waals surface area (Å²) < 4.78 is 37.6. The molecule has 0 spiro atoms. The van der Waals surface area contributed by atoms with Gasteiger partial charge in [-0.25, -0.2) is 13.8 Å². The number of alkyl halides is 1. The number of nitrogens with one attached hydrogen (secondary N) is 1. The van der Waals surface area contributed by atoms with Gasteiger partial charge >= 0.3 is 0 Å². The van der Waals surface area contributed by atoms with Crippen LogP contribution < -0.4 is 5.32 Å². The first-order chi connectivity index (χ1) is 17.6. The van der Waals surface area contributed by atoms with Crippen molar-refractivity contribution < 1.29 is 13.5 Å². The predicted octanol–water partition coefficient (Wildman–Crippen LogP) is 6.77. The third-order valence-corrected chi connectivity index (χ3v) is 7.53. The van der Waals surface area contributed by atoms with Gasteiger partial charge in [-0.2, -0.15) is 5.10 Å². The minimum absolute atomic E-state index is 0.0945. The van der Waals surface area contributed by atoms with Crippen molar-refractivity contribution in [3.63, 3.8) is 0 Å². The monoisotopic (exact) mass is 526 g/mol. The van der Waals surface area contributed by atoms with E-state index in [2.05, 4.69) is 44.1 Å². The van der Waals surface area contributed by atoms with Crippen molar-refractivity contribution >= 4 is 27.1 Å². The highest BCUT2D eigenvalue weighted by Crippen LogP contribution is 2.34. The lowest BCUT2D eigenvalue weighted by atomic mass is 9.88. The van der Waals surface area contributed by atoms with E-state index in [9.17, 15) is 8.78 Å². The van der Waals surface area contributed by atoms with E-state index in [1.807, 2.05) is 30.9 Å². The molecule has 0 saturated carbocycles. The van der Waals surface area contributed by atoms with Crippen LogP contribution in [0.5, 0.6) is 0 Å². The van der Waals surface area contributed by atoms with Gasteiger partial charge in [0.1, 0.15) is 23.3 Å². The molecule has 2 aromatic heterocycles. The second kappa shape index (κ2) is 11.3. The number of allylic oxidation sites excluding steroid dienone is 5. The van der Waals surface area contributed by atoms with Gasteiger partial charge in [-0.1, -0.05) is 26.8 Å². The molecule has 1 aliphatic carbocycles. The summed E-state index contributed by atoms with van der Waals surface area (Å²) in [6.07, 6.45) is 4.67. The van der Waals surface area contributed by atoms with Crippen molar-refractivity contribution in [3.8, 4) is 0 Å². The first-order valence-electron chi connectivity index (χ1n) is 12.6. The Bertz CT molecular complexity index is 1370. The van der Waals surface area contributed by atoms with E-state index < -0.39 is 12.5 Å². The van der Waals surface area contributed by atoms with E-state index in [4.69, 9.17) is 9.84 Å². The third-order valence-electron chi connectivity index (χ3n) is 6.51. The van der Waals surface area contributed by atoms with Gasteiger partial charge in [0.05, 0.1) is 22.5 Å². The molecule has 1 N–H and O–H groups in total. The van der Waals surface area contributed by atoms with Crippen LogP contribution in [0.3, 0.4) is 0 Å². The number of hydrogen-bond acceptors (Lipinski definition) is 5. The van der Waals surface area contributed by atoms with Crippen LogP contribution in [0.4, 0.5) is 8.78 Å². The molecule has 0 unspecified atom stereocenters. The summed E-state index contributed by atoms with van der Waals surface area (Å²) in [5.41, 5.74) is 6.17. The van der Waals surface area contributed by atoms with Crippen LogP contribution in [0.15, 0.2) is 47.5 Å². The molecule has 4 rings (SSSR count). The summed E-state index contributed by atoms with van der Waals surface area (Å²) in [7, 11) is 3.85. The summed E-state index contributed by atoms with van der Waals surface area (Å²) in [4.78, 5) is 4.66. The van der Waals surface area contributed by atoms with E-state index in [1.165, 1.54) is 11.6 Å². The van der Waals surface area contributed by atoms with Crippen molar-refractivity contribution in [3.05, 3.63) is 75.0 Å². The average Bonchev–Trinajstić information content (AvgIpc) is 3.29. The lowest BCUT2D eigenvalue weighted by molar-refractivity contribution is 0.210. The maximum absolute atomic E-state index is 14.6. The van der Waals surface area contributed by atoms with Crippen molar-refractivity contribution in [1.29, 1.82) is 0 Å². The highest BCUT2D eigenvalue weighted by molar-refractivity contribution is 7.18. The first kappa shape index (κ1) is 27.2. The largest absolute Gasteiger partial charge is 0.497 e. The standard InChI is InChI=1S/C29H36F2N4OS/c1-18-21(25(34-35(18)6)15-29(2,3)4)11-12-36-26-13-20(16-30)23(31)9-8-22(26)19-7-10-24-27(14-19)37-28(33-24)17-32-5/h7-10,14,32H,11-13,15-17H2,1-6H3. The van der Waals surface area contributed by atoms with Crippen LogP contribution in [0, 0.1) is 12.3 Å². The first-order valence-corrected chi connectivity index (χ1v) is 13.4. The minimum Gasteiger partial charge on any atom is -0.497 e. The zero-order valence-electron chi connectivity index (χ0n) is 22.5. The summed E-state index contributed by atoms with van der Waals surface area (Å²) in [5.74, 6) is 0.0409. The topological polar surface area (TPSA) is 52.0 Å². The number of ether oxygens (including phenoxy) is 1. The van der Waals surface area contributed by atoms with Crippen molar-refractivity contribution in [2.75, 3.05) is 20.3 Å². The molecule has 1 aromatic carbocycles. The average molecular weight is 527 g/mol. The number of halogens is 2. The fourth-order valence-corrected chi connectivity index (χ4v) is 5.59. The Balaban J connectivity index is 1.64. The highest BCUT2D eigenvalue weighted by Gasteiger charge is 2.21. The van der Waals surface area contributed by atoms with Crippen LogP contribution in [-0.4, -0.2) is 35.1 Å². The smallest absolute Gasteiger partial charge is 0.125 e. The molecule has 8 heteroatoms.